The van der Waals surface area contributed by atoms with Crippen LogP contribution in [-0.2, 0) is 11.8 Å². The standard InChI is InChI=1S/C19H20N6O2S/c1-23-17-14(5-4-8-21-17)22-18(19(23)27)28-13-16(26)25-11-9-24(10-12-25)15-6-2-3-7-20-15/h2-8H,9-13H2,1H3. The Morgan fingerprint density at radius 2 is 1.86 bits per heavy atom. The molecule has 1 aliphatic rings. The third-order valence-electron chi connectivity index (χ3n) is 4.73. The number of nitrogens with zero attached hydrogens (tertiary/aromatic N) is 6. The lowest BCUT2D eigenvalue weighted by Crippen LogP contribution is -2.49. The van der Waals surface area contributed by atoms with Gasteiger partial charge in [-0.15, -0.1) is 0 Å². The number of aryl methyl sites for hydroxylation is 1. The topological polar surface area (TPSA) is 84.2 Å². The van der Waals surface area contributed by atoms with Crippen molar-refractivity contribution in [2.75, 3.05) is 36.8 Å². The van der Waals surface area contributed by atoms with Crippen molar-refractivity contribution >= 4 is 34.7 Å². The van der Waals surface area contributed by atoms with Crippen molar-refractivity contribution in [1.82, 2.24) is 24.4 Å². The van der Waals surface area contributed by atoms with Crippen LogP contribution < -0.4 is 10.5 Å². The second-order valence-corrected chi connectivity index (χ2v) is 7.44. The number of hydrogen-bond donors (Lipinski definition) is 0. The molecule has 1 aliphatic heterocycles. The number of pyridine rings is 2. The summed E-state index contributed by atoms with van der Waals surface area (Å²) >= 11 is 1.19. The highest BCUT2D eigenvalue weighted by Gasteiger charge is 2.22. The number of hydrogen-bond acceptors (Lipinski definition) is 7. The van der Waals surface area contributed by atoms with Crippen molar-refractivity contribution in [3.05, 3.63) is 53.1 Å². The minimum absolute atomic E-state index is 0.0146. The summed E-state index contributed by atoms with van der Waals surface area (Å²) in [6, 6.07) is 9.42. The highest BCUT2D eigenvalue weighted by atomic mass is 32.2. The molecule has 0 aromatic carbocycles. The van der Waals surface area contributed by atoms with E-state index in [1.807, 2.05) is 29.2 Å². The Hall–Kier alpha value is -2.94. The maximum absolute atomic E-state index is 12.6. The van der Waals surface area contributed by atoms with Gasteiger partial charge in [-0.2, -0.15) is 0 Å². The molecule has 0 saturated carbocycles. The Balaban J connectivity index is 1.38. The van der Waals surface area contributed by atoms with Crippen molar-refractivity contribution in [3.63, 3.8) is 0 Å². The van der Waals surface area contributed by atoms with Gasteiger partial charge < -0.3 is 9.80 Å². The van der Waals surface area contributed by atoms with Crippen LogP contribution in [0.1, 0.15) is 0 Å². The predicted molar refractivity (Wildman–Crippen MR) is 109 cm³/mol. The second-order valence-electron chi connectivity index (χ2n) is 6.47. The fourth-order valence-electron chi connectivity index (χ4n) is 3.17. The van der Waals surface area contributed by atoms with Crippen molar-refractivity contribution < 1.29 is 4.79 Å². The number of thioether (sulfide) groups is 1. The van der Waals surface area contributed by atoms with Gasteiger partial charge in [0.15, 0.2) is 10.7 Å². The van der Waals surface area contributed by atoms with Crippen molar-refractivity contribution in [1.29, 1.82) is 0 Å². The molecule has 144 valence electrons. The van der Waals surface area contributed by atoms with Gasteiger partial charge in [-0.25, -0.2) is 15.0 Å². The molecule has 4 rings (SSSR count). The van der Waals surface area contributed by atoms with Crippen LogP contribution in [0.5, 0.6) is 0 Å². The highest BCUT2D eigenvalue weighted by molar-refractivity contribution is 7.99. The maximum atomic E-state index is 12.6. The quantitative estimate of drug-likeness (QED) is 0.612. The van der Waals surface area contributed by atoms with E-state index in [1.165, 1.54) is 16.3 Å². The van der Waals surface area contributed by atoms with Gasteiger partial charge in [-0.05, 0) is 24.3 Å². The molecule has 4 heterocycles. The summed E-state index contributed by atoms with van der Waals surface area (Å²) in [5.74, 6) is 1.14. The molecule has 28 heavy (non-hydrogen) atoms. The summed E-state index contributed by atoms with van der Waals surface area (Å²) in [6.07, 6.45) is 3.40. The fraction of sp³-hybridized carbons (Fsp3) is 0.316. The molecule has 0 aliphatic carbocycles. The first-order valence-electron chi connectivity index (χ1n) is 9.02. The molecule has 3 aromatic rings. The smallest absolute Gasteiger partial charge is 0.284 e. The van der Waals surface area contributed by atoms with Gasteiger partial charge in [-0.1, -0.05) is 17.8 Å². The predicted octanol–water partition coefficient (Wildman–Crippen LogP) is 1.16. The molecule has 0 radical (unpaired) electrons. The molecule has 1 fully saturated rings. The van der Waals surface area contributed by atoms with E-state index in [2.05, 4.69) is 19.9 Å². The summed E-state index contributed by atoms with van der Waals surface area (Å²) in [5.41, 5.74) is 0.946. The first kappa shape index (κ1) is 18.4. The summed E-state index contributed by atoms with van der Waals surface area (Å²) in [7, 11) is 1.67. The molecule has 0 N–H and O–H groups in total. The van der Waals surface area contributed by atoms with Crippen molar-refractivity contribution in [3.8, 4) is 0 Å². The van der Waals surface area contributed by atoms with Crippen LogP contribution in [0.4, 0.5) is 5.82 Å². The summed E-state index contributed by atoms with van der Waals surface area (Å²) in [5, 5.41) is 0.323. The summed E-state index contributed by atoms with van der Waals surface area (Å²) < 4.78 is 1.47. The van der Waals surface area contributed by atoms with Crippen molar-refractivity contribution in [2.45, 2.75) is 5.03 Å². The Morgan fingerprint density at radius 3 is 2.61 bits per heavy atom. The lowest BCUT2D eigenvalue weighted by atomic mass is 10.3. The molecule has 9 heteroatoms. The van der Waals surface area contributed by atoms with E-state index >= 15 is 0 Å². The monoisotopic (exact) mass is 396 g/mol. The zero-order chi connectivity index (χ0) is 19.5. The first-order chi connectivity index (χ1) is 13.6. The van der Waals surface area contributed by atoms with Gasteiger partial charge in [0.25, 0.3) is 5.56 Å². The number of piperazine rings is 1. The zero-order valence-electron chi connectivity index (χ0n) is 15.5. The highest BCUT2D eigenvalue weighted by Crippen LogP contribution is 2.17. The second kappa shape index (κ2) is 7.97. The van der Waals surface area contributed by atoms with Crippen LogP contribution in [0.25, 0.3) is 11.2 Å². The van der Waals surface area contributed by atoms with E-state index in [4.69, 9.17) is 0 Å². The molecule has 1 saturated heterocycles. The van der Waals surface area contributed by atoms with Crippen LogP contribution in [0.2, 0.25) is 0 Å². The molecule has 8 nitrogen and oxygen atoms in total. The largest absolute Gasteiger partial charge is 0.353 e. The van der Waals surface area contributed by atoms with Crippen LogP contribution in [0.15, 0.2) is 52.5 Å². The van der Waals surface area contributed by atoms with Crippen molar-refractivity contribution in [2.24, 2.45) is 7.05 Å². The average molecular weight is 396 g/mol. The van der Waals surface area contributed by atoms with Crippen LogP contribution in [0.3, 0.4) is 0 Å². The number of fused-ring (bicyclic) bond motifs is 1. The first-order valence-corrected chi connectivity index (χ1v) is 10.0. The molecule has 0 bridgehead atoms. The van der Waals surface area contributed by atoms with Gasteiger partial charge in [0, 0.05) is 45.6 Å². The number of anilines is 1. The molecule has 0 unspecified atom stereocenters. The van der Waals surface area contributed by atoms with Crippen LogP contribution in [0, 0.1) is 0 Å². The van der Waals surface area contributed by atoms with E-state index in [9.17, 15) is 9.59 Å². The van der Waals surface area contributed by atoms with E-state index in [0.29, 0.717) is 29.3 Å². The number of carbonyl (C=O) groups is 1. The summed E-state index contributed by atoms with van der Waals surface area (Å²) in [6.45, 7) is 2.77. The third-order valence-corrected chi connectivity index (χ3v) is 5.66. The Labute approximate surface area is 166 Å². The fourth-order valence-corrected chi connectivity index (χ4v) is 4.04. The Morgan fingerprint density at radius 1 is 1.07 bits per heavy atom. The normalized spacial score (nSPS) is 14.5. The van der Waals surface area contributed by atoms with Gasteiger partial charge in [0.05, 0.1) is 5.75 Å². The van der Waals surface area contributed by atoms with Gasteiger partial charge in [-0.3, -0.25) is 14.2 Å². The zero-order valence-corrected chi connectivity index (χ0v) is 16.3. The molecule has 3 aromatic heterocycles. The molecular weight excluding hydrogens is 376 g/mol. The van der Waals surface area contributed by atoms with E-state index in [1.54, 1.807) is 25.5 Å². The SMILES string of the molecule is Cn1c(=O)c(SCC(=O)N2CCN(c3ccccn3)CC2)nc2cccnc21. The molecular formula is C19H20N6O2S. The van der Waals surface area contributed by atoms with Crippen LogP contribution in [-0.4, -0.2) is 62.3 Å². The Kier molecular flexibility index (Phi) is 5.25. The summed E-state index contributed by atoms with van der Waals surface area (Å²) in [4.78, 5) is 42.0. The van der Waals surface area contributed by atoms with Gasteiger partial charge in [0.2, 0.25) is 5.91 Å². The molecule has 0 atom stereocenters. The maximum Gasteiger partial charge on any atom is 0.284 e. The minimum atomic E-state index is -0.232. The number of amides is 1. The number of aromatic nitrogens is 4. The van der Waals surface area contributed by atoms with Crippen LogP contribution >= 0.6 is 11.8 Å². The Bertz CT molecular complexity index is 1050. The van der Waals surface area contributed by atoms with E-state index in [-0.39, 0.29) is 17.2 Å². The number of rotatable bonds is 4. The van der Waals surface area contributed by atoms with E-state index in [0.717, 1.165) is 18.9 Å². The third kappa shape index (κ3) is 3.70. The van der Waals surface area contributed by atoms with Gasteiger partial charge >= 0.3 is 0 Å². The lowest BCUT2D eigenvalue weighted by Gasteiger charge is -2.35. The molecule has 1 amide bonds. The van der Waals surface area contributed by atoms with Gasteiger partial charge in [0.1, 0.15) is 11.3 Å². The molecule has 0 spiro atoms. The average Bonchev–Trinajstić information content (AvgIpc) is 2.76. The number of carbonyl (C=O) groups excluding carboxylic acids is 1. The minimum Gasteiger partial charge on any atom is -0.353 e. The lowest BCUT2D eigenvalue weighted by molar-refractivity contribution is -0.128. The van der Waals surface area contributed by atoms with E-state index < -0.39 is 0 Å².